The van der Waals surface area contributed by atoms with Crippen molar-refractivity contribution in [3.8, 4) is 0 Å². The summed E-state index contributed by atoms with van der Waals surface area (Å²) in [5.41, 5.74) is 2.14. The number of fused-ring (bicyclic) bond motifs is 1. The van der Waals surface area contributed by atoms with E-state index in [1.807, 2.05) is 45.2 Å². The fraction of sp³-hybridized carbons (Fsp3) is 0.400. The van der Waals surface area contributed by atoms with E-state index in [4.69, 9.17) is 0 Å². The first-order valence-corrected chi connectivity index (χ1v) is 10.2. The van der Waals surface area contributed by atoms with Crippen molar-refractivity contribution in [3.63, 3.8) is 0 Å². The molecule has 0 saturated heterocycles. The van der Waals surface area contributed by atoms with Gasteiger partial charge in [0.05, 0.1) is 16.2 Å². The third-order valence-electron chi connectivity index (χ3n) is 5.19. The Morgan fingerprint density at radius 1 is 1.11 bits per heavy atom. The van der Waals surface area contributed by atoms with Gasteiger partial charge in [-0.05, 0) is 39.2 Å². The van der Waals surface area contributed by atoms with Crippen LogP contribution in [0.4, 0.5) is 0 Å². The number of aryl methyl sites for hydroxylation is 3. The van der Waals surface area contributed by atoms with Gasteiger partial charge in [-0.15, -0.1) is 11.3 Å². The number of nitrogens with zero attached hydrogens (tertiary/aromatic N) is 3. The second-order valence-electron chi connectivity index (χ2n) is 7.29. The molecule has 4 rings (SSSR count). The van der Waals surface area contributed by atoms with Gasteiger partial charge in [0.25, 0.3) is 11.8 Å². The Labute approximate surface area is 167 Å². The predicted molar refractivity (Wildman–Crippen MR) is 109 cm³/mol. The van der Waals surface area contributed by atoms with Gasteiger partial charge in [-0.1, -0.05) is 18.2 Å². The van der Waals surface area contributed by atoms with Gasteiger partial charge in [0.1, 0.15) is 4.88 Å². The quantitative estimate of drug-likeness (QED) is 0.708. The molecule has 2 aromatic heterocycles. The fourth-order valence-corrected chi connectivity index (χ4v) is 4.69. The number of carbonyl (C=O) groups is 2. The number of nitrogens with one attached hydrogen (secondary N) is 2. The van der Waals surface area contributed by atoms with E-state index < -0.39 is 0 Å². The standard InChI is InChI=1S/C20H23N5O2S/c1-11-18(28-12(2)21-11)20(27)23-14-9-8-13(10-14)22-19(26)17-15-6-4-5-7-16(15)25(3)24-17/h4-7,13-14H,8-10H2,1-3H3,(H,22,26)(H,23,27). The van der Waals surface area contributed by atoms with E-state index in [0.29, 0.717) is 10.6 Å². The van der Waals surface area contributed by atoms with Crippen molar-refractivity contribution in [1.29, 1.82) is 0 Å². The van der Waals surface area contributed by atoms with Crippen molar-refractivity contribution in [2.24, 2.45) is 7.05 Å². The number of hydrogen-bond donors (Lipinski definition) is 2. The fourth-order valence-electron chi connectivity index (χ4n) is 3.87. The summed E-state index contributed by atoms with van der Waals surface area (Å²) in [6, 6.07) is 7.79. The van der Waals surface area contributed by atoms with Crippen molar-refractivity contribution in [2.75, 3.05) is 0 Å². The highest BCUT2D eigenvalue weighted by atomic mass is 32.1. The number of aromatic nitrogens is 3. The molecule has 2 heterocycles. The molecule has 2 unspecified atom stereocenters. The molecule has 1 saturated carbocycles. The van der Waals surface area contributed by atoms with E-state index in [1.54, 1.807) is 4.68 Å². The Kier molecular flexibility index (Phi) is 4.89. The largest absolute Gasteiger partial charge is 0.348 e. The summed E-state index contributed by atoms with van der Waals surface area (Å²) in [6.07, 6.45) is 2.40. The minimum Gasteiger partial charge on any atom is -0.348 e. The number of thiazole rings is 1. The van der Waals surface area contributed by atoms with Crippen LogP contribution < -0.4 is 10.6 Å². The summed E-state index contributed by atoms with van der Waals surface area (Å²) < 4.78 is 1.72. The SMILES string of the molecule is Cc1nc(C)c(C(=O)NC2CCC(NC(=O)c3nn(C)c4ccccc34)C2)s1. The minimum absolute atomic E-state index is 0.0304. The van der Waals surface area contributed by atoms with Gasteiger partial charge < -0.3 is 10.6 Å². The van der Waals surface area contributed by atoms with E-state index in [2.05, 4.69) is 20.7 Å². The van der Waals surface area contributed by atoms with E-state index in [-0.39, 0.29) is 23.9 Å². The van der Waals surface area contributed by atoms with Crippen LogP contribution in [0.15, 0.2) is 24.3 Å². The first kappa shape index (κ1) is 18.6. The molecule has 1 fully saturated rings. The Bertz CT molecular complexity index is 1050. The maximum atomic E-state index is 12.7. The highest BCUT2D eigenvalue weighted by molar-refractivity contribution is 7.13. The summed E-state index contributed by atoms with van der Waals surface area (Å²) in [6.45, 7) is 3.75. The summed E-state index contributed by atoms with van der Waals surface area (Å²) >= 11 is 1.41. The molecule has 0 spiro atoms. The van der Waals surface area contributed by atoms with Crippen LogP contribution in [0, 0.1) is 13.8 Å². The lowest BCUT2D eigenvalue weighted by molar-refractivity contribution is 0.0933. The van der Waals surface area contributed by atoms with Gasteiger partial charge in [-0.2, -0.15) is 5.10 Å². The van der Waals surface area contributed by atoms with Crippen LogP contribution in [0.5, 0.6) is 0 Å². The third-order valence-corrected chi connectivity index (χ3v) is 6.26. The molecule has 146 valence electrons. The van der Waals surface area contributed by atoms with Crippen LogP contribution in [-0.2, 0) is 7.05 Å². The van der Waals surface area contributed by atoms with E-state index >= 15 is 0 Å². The average Bonchev–Trinajstić information content (AvgIpc) is 3.33. The smallest absolute Gasteiger partial charge is 0.272 e. The molecule has 1 aliphatic rings. The van der Waals surface area contributed by atoms with Gasteiger partial charge in [0.2, 0.25) is 0 Å². The number of amides is 2. The molecule has 2 N–H and O–H groups in total. The number of rotatable bonds is 4. The first-order chi connectivity index (χ1) is 13.4. The lowest BCUT2D eigenvalue weighted by atomic mass is 10.2. The Balaban J connectivity index is 1.38. The second-order valence-corrected chi connectivity index (χ2v) is 8.49. The Hall–Kier alpha value is -2.74. The van der Waals surface area contributed by atoms with Gasteiger partial charge >= 0.3 is 0 Å². The molecule has 2 amide bonds. The zero-order chi connectivity index (χ0) is 19.8. The van der Waals surface area contributed by atoms with Crippen molar-refractivity contribution >= 4 is 34.1 Å². The molecule has 0 bridgehead atoms. The minimum atomic E-state index is -0.164. The van der Waals surface area contributed by atoms with Crippen LogP contribution in [0.3, 0.4) is 0 Å². The van der Waals surface area contributed by atoms with E-state index in [1.165, 1.54) is 11.3 Å². The predicted octanol–water partition coefficient (Wildman–Crippen LogP) is 2.73. The highest BCUT2D eigenvalue weighted by Crippen LogP contribution is 2.23. The molecule has 7 nitrogen and oxygen atoms in total. The molecule has 8 heteroatoms. The summed E-state index contributed by atoms with van der Waals surface area (Å²) in [7, 11) is 1.84. The number of benzene rings is 1. The topological polar surface area (TPSA) is 88.9 Å². The van der Waals surface area contributed by atoms with Gasteiger partial charge in [0.15, 0.2) is 5.69 Å². The van der Waals surface area contributed by atoms with Gasteiger partial charge in [-0.25, -0.2) is 4.98 Å². The lowest BCUT2D eigenvalue weighted by Gasteiger charge is -2.14. The first-order valence-electron chi connectivity index (χ1n) is 9.40. The van der Waals surface area contributed by atoms with E-state index in [0.717, 1.165) is 40.9 Å². The third kappa shape index (κ3) is 3.52. The molecule has 1 aliphatic carbocycles. The molecule has 0 aliphatic heterocycles. The maximum Gasteiger partial charge on any atom is 0.272 e. The molecule has 0 radical (unpaired) electrons. The van der Waals surface area contributed by atoms with E-state index in [9.17, 15) is 9.59 Å². The normalized spacial score (nSPS) is 19.1. The summed E-state index contributed by atoms with van der Waals surface area (Å²) in [5.74, 6) is -0.238. The van der Waals surface area contributed by atoms with Crippen LogP contribution in [0.1, 0.15) is 50.1 Å². The number of hydrogen-bond acceptors (Lipinski definition) is 5. The Morgan fingerprint density at radius 2 is 1.79 bits per heavy atom. The zero-order valence-corrected chi connectivity index (χ0v) is 17.0. The van der Waals surface area contributed by atoms with Crippen molar-refractivity contribution in [2.45, 2.75) is 45.2 Å². The zero-order valence-electron chi connectivity index (χ0n) is 16.2. The molecule has 1 aromatic carbocycles. The van der Waals surface area contributed by atoms with Crippen molar-refractivity contribution in [3.05, 3.63) is 45.5 Å². The van der Waals surface area contributed by atoms with Gasteiger partial charge in [0, 0.05) is 24.5 Å². The van der Waals surface area contributed by atoms with Crippen molar-refractivity contribution in [1.82, 2.24) is 25.4 Å². The molecular formula is C20H23N5O2S. The monoisotopic (exact) mass is 397 g/mol. The molecule has 3 aromatic rings. The maximum absolute atomic E-state index is 12.7. The number of carbonyl (C=O) groups excluding carboxylic acids is 2. The van der Waals surface area contributed by atoms with Crippen LogP contribution in [-0.4, -0.2) is 38.7 Å². The molecule has 28 heavy (non-hydrogen) atoms. The van der Waals surface area contributed by atoms with Crippen LogP contribution >= 0.6 is 11.3 Å². The average molecular weight is 398 g/mol. The molecule has 2 atom stereocenters. The van der Waals surface area contributed by atoms with Crippen molar-refractivity contribution < 1.29 is 9.59 Å². The summed E-state index contributed by atoms with van der Waals surface area (Å²) in [5, 5.41) is 12.3. The van der Waals surface area contributed by atoms with Gasteiger partial charge in [-0.3, -0.25) is 14.3 Å². The Morgan fingerprint density at radius 3 is 2.46 bits per heavy atom. The van der Waals surface area contributed by atoms with Crippen LogP contribution in [0.25, 0.3) is 10.9 Å². The lowest BCUT2D eigenvalue weighted by Crippen LogP contribution is -2.37. The second kappa shape index (κ2) is 7.35. The summed E-state index contributed by atoms with van der Waals surface area (Å²) in [4.78, 5) is 30.2. The van der Waals surface area contributed by atoms with Crippen LogP contribution in [0.2, 0.25) is 0 Å². The molecular weight excluding hydrogens is 374 g/mol. The highest BCUT2D eigenvalue weighted by Gasteiger charge is 2.29. The number of para-hydroxylation sites is 1.